The molecule has 1 fully saturated rings. The third kappa shape index (κ3) is 5.90. The van der Waals surface area contributed by atoms with Gasteiger partial charge in [0.05, 0.1) is 12.1 Å². The van der Waals surface area contributed by atoms with Crippen molar-refractivity contribution in [3.05, 3.63) is 47.2 Å². The quantitative estimate of drug-likeness (QED) is 0.369. The van der Waals surface area contributed by atoms with Crippen LogP contribution in [-0.4, -0.2) is 49.0 Å². The summed E-state index contributed by atoms with van der Waals surface area (Å²) in [4.78, 5) is 36.6. The van der Waals surface area contributed by atoms with E-state index in [9.17, 15) is 9.59 Å². The number of carbonyl (C=O) groups is 2. The SMILES string of the molecule is CC(C)(C)OC(=O)N1CC(N(OCc2ccccc2)C(=O)Cl)CCC1c1ncns1. The molecule has 2 amide bonds. The minimum Gasteiger partial charge on any atom is -0.444 e. The van der Waals surface area contributed by atoms with Gasteiger partial charge in [-0.15, -0.1) is 0 Å². The van der Waals surface area contributed by atoms with Gasteiger partial charge in [-0.25, -0.2) is 14.8 Å². The maximum atomic E-state index is 12.9. The van der Waals surface area contributed by atoms with E-state index in [1.807, 2.05) is 51.1 Å². The van der Waals surface area contributed by atoms with Crippen LogP contribution in [0.5, 0.6) is 0 Å². The van der Waals surface area contributed by atoms with Crippen molar-refractivity contribution >= 4 is 34.6 Å². The molecule has 0 N–H and O–H groups in total. The first kappa shape index (κ1) is 22.5. The second-order valence-electron chi connectivity index (χ2n) is 8.00. The number of benzene rings is 1. The molecule has 0 radical (unpaired) electrons. The number of amides is 2. The van der Waals surface area contributed by atoms with Gasteiger partial charge in [-0.1, -0.05) is 30.3 Å². The molecule has 3 rings (SSSR count). The number of hydrogen-bond donors (Lipinski definition) is 0. The minimum atomic E-state index is -0.727. The third-order valence-corrected chi connectivity index (χ3v) is 5.50. The van der Waals surface area contributed by atoms with Crippen molar-refractivity contribution in [1.82, 2.24) is 19.3 Å². The number of aromatic nitrogens is 2. The summed E-state index contributed by atoms with van der Waals surface area (Å²) in [6, 6.07) is 8.81. The lowest BCUT2D eigenvalue weighted by molar-refractivity contribution is -0.160. The Kier molecular flexibility index (Phi) is 7.27. The molecule has 1 saturated heterocycles. The Bertz CT molecular complexity index is 844. The topological polar surface area (TPSA) is 84.9 Å². The number of ether oxygens (including phenoxy) is 1. The maximum absolute atomic E-state index is 12.9. The molecule has 0 bridgehead atoms. The van der Waals surface area contributed by atoms with Gasteiger partial charge in [-0.3, -0.25) is 14.5 Å². The number of carbonyl (C=O) groups excluding carboxylic acids is 2. The van der Waals surface area contributed by atoms with Crippen LogP contribution in [0.1, 0.15) is 50.2 Å². The Hall–Kier alpha value is -2.23. The summed E-state index contributed by atoms with van der Waals surface area (Å²) in [6.45, 7) is 5.84. The number of likely N-dealkylation sites (tertiary alicyclic amines) is 1. The molecule has 0 saturated carbocycles. The lowest BCUT2D eigenvalue weighted by Gasteiger charge is -2.41. The molecule has 2 aromatic rings. The van der Waals surface area contributed by atoms with Crippen LogP contribution in [0.15, 0.2) is 36.7 Å². The number of halogens is 1. The standard InChI is InChI=1S/C20H25ClN4O4S/c1-20(2,3)29-19(27)24-11-15(9-10-16(24)17-22-13-23-30-17)25(18(21)26)28-12-14-7-5-4-6-8-14/h4-8,13,15-16H,9-12H2,1-3H3. The fourth-order valence-corrected chi connectivity index (χ4v) is 4.12. The van der Waals surface area contributed by atoms with Gasteiger partial charge >= 0.3 is 11.5 Å². The number of piperidine rings is 1. The molecule has 30 heavy (non-hydrogen) atoms. The normalized spacial score (nSPS) is 19.4. The summed E-state index contributed by atoms with van der Waals surface area (Å²) in [5.74, 6) is 0. The van der Waals surface area contributed by atoms with Gasteiger partial charge in [0.1, 0.15) is 23.5 Å². The van der Waals surface area contributed by atoms with E-state index in [1.165, 1.54) is 17.9 Å². The Labute approximate surface area is 184 Å². The third-order valence-electron chi connectivity index (χ3n) is 4.57. The predicted molar refractivity (Wildman–Crippen MR) is 113 cm³/mol. The van der Waals surface area contributed by atoms with E-state index in [0.29, 0.717) is 12.8 Å². The second kappa shape index (κ2) is 9.72. The molecule has 2 unspecified atom stereocenters. The van der Waals surface area contributed by atoms with Crippen LogP contribution < -0.4 is 0 Å². The number of hydrogen-bond acceptors (Lipinski definition) is 7. The van der Waals surface area contributed by atoms with E-state index >= 15 is 0 Å². The van der Waals surface area contributed by atoms with E-state index in [-0.39, 0.29) is 19.2 Å². The Morgan fingerprint density at radius 1 is 1.27 bits per heavy atom. The van der Waals surface area contributed by atoms with Gasteiger partial charge in [0.25, 0.3) is 0 Å². The van der Waals surface area contributed by atoms with Gasteiger partial charge in [-0.2, -0.15) is 4.37 Å². The first-order valence-electron chi connectivity index (χ1n) is 9.66. The highest BCUT2D eigenvalue weighted by molar-refractivity contribution is 7.05. The van der Waals surface area contributed by atoms with Crippen molar-refractivity contribution in [2.45, 2.75) is 57.9 Å². The first-order valence-corrected chi connectivity index (χ1v) is 10.8. The molecule has 1 aromatic carbocycles. The van der Waals surface area contributed by atoms with Crippen LogP contribution in [0.3, 0.4) is 0 Å². The van der Waals surface area contributed by atoms with E-state index in [2.05, 4.69) is 9.36 Å². The zero-order valence-corrected chi connectivity index (χ0v) is 18.7. The van der Waals surface area contributed by atoms with Crippen LogP contribution in [0.25, 0.3) is 0 Å². The van der Waals surface area contributed by atoms with Crippen LogP contribution in [0, 0.1) is 0 Å². The summed E-state index contributed by atoms with van der Waals surface area (Å²) < 4.78 is 9.64. The fourth-order valence-electron chi connectivity index (χ4n) is 3.27. The molecule has 1 aromatic heterocycles. The lowest BCUT2D eigenvalue weighted by Crippen LogP contribution is -2.52. The van der Waals surface area contributed by atoms with Crippen molar-refractivity contribution < 1.29 is 19.2 Å². The minimum absolute atomic E-state index is 0.196. The smallest absolute Gasteiger partial charge is 0.410 e. The van der Waals surface area contributed by atoms with Crippen LogP contribution in [0.2, 0.25) is 0 Å². The highest BCUT2D eigenvalue weighted by Gasteiger charge is 2.40. The van der Waals surface area contributed by atoms with Crippen molar-refractivity contribution in [2.75, 3.05) is 6.54 Å². The molecule has 10 heteroatoms. The molecule has 0 aliphatic carbocycles. The first-order chi connectivity index (χ1) is 14.2. The molecule has 2 heterocycles. The molecule has 162 valence electrons. The largest absolute Gasteiger partial charge is 0.444 e. The summed E-state index contributed by atoms with van der Waals surface area (Å²) >= 11 is 7.06. The number of nitrogens with zero attached hydrogens (tertiary/aromatic N) is 4. The fraction of sp³-hybridized carbons (Fsp3) is 0.500. The monoisotopic (exact) mass is 452 g/mol. The zero-order chi connectivity index (χ0) is 21.7. The molecular weight excluding hydrogens is 428 g/mol. The molecule has 8 nitrogen and oxygen atoms in total. The lowest BCUT2D eigenvalue weighted by atomic mass is 9.99. The predicted octanol–water partition coefficient (Wildman–Crippen LogP) is 4.77. The summed E-state index contributed by atoms with van der Waals surface area (Å²) in [5, 5.41) is 1.16. The van der Waals surface area contributed by atoms with Crippen LogP contribution in [-0.2, 0) is 16.2 Å². The van der Waals surface area contributed by atoms with Gasteiger partial charge in [0, 0.05) is 6.54 Å². The van der Waals surface area contributed by atoms with Gasteiger partial charge in [0.2, 0.25) is 0 Å². The molecule has 1 aliphatic rings. The Balaban J connectivity index is 1.76. The molecule has 2 atom stereocenters. The highest BCUT2D eigenvalue weighted by atomic mass is 35.5. The van der Waals surface area contributed by atoms with E-state index in [0.717, 1.165) is 15.6 Å². The molecule has 0 spiro atoms. The van der Waals surface area contributed by atoms with Crippen molar-refractivity contribution in [1.29, 1.82) is 0 Å². The number of rotatable bonds is 5. The van der Waals surface area contributed by atoms with Gasteiger partial charge in [-0.05, 0) is 62.3 Å². The molecule has 1 aliphatic heterocycles. The average Bonchev–Trinajstić information content (AvgIpc) is 3.22. The van der Waals surface area contributed by atoms with Crippen molar-refractivity contribution in [3.8, 4) is 0 Å². The van der Waals surface area contributed by atoms with E-state index < -0.39 is 23.1 Å². The zero-order valence-electron chi connectivity index (χ0n) is 17.2. The Morgan fingerprint density at radius 3 is 2.60 bits per heavy atom. The summed E-state index contributed by atoms with van der Waals surface area (Å²) in [6.07, 6.45) is 2.17. The average molecular weight is 453 g/mol. The molecular formula is C20H25ClN4O4S. The number of hydroxylamine groups is 2. The maximum Gasteiger partial charge on any atom is 0.410 e. The highest BCUT2D eigenvalue weighted by Crippen LogP contribution is 2.34. The second-order valence-corrected chi connectivity index (χ2v) is 9.13. The van der Waals surface area contributed by atoms with Crippen molar-refractivity contribution in [2.24, 2.45) is 0 Å². The summed E-state index contributed by atoms with van der Waals surface area (Å²) in [7, 11) is 0. The van der Waals surface area contributed by atoms with Crippen LogP contribution >= 0.6 is 23.1 Å². The van der Waals surface area contributed by atoms with Gasteiger partial charge < -0.3 is 4.74 Å². The van der Waals surface area contributed by atoms with Crippen molar-refractivity contribution in [3.63, 3.8) is 0 Å². The van der Waals surface area contributed by atoms with E-state index in [1.54, 1.807) is 4.90 Å². The van der Waals surface area contributed by atoms with E-state index in [4.69, 9.17) is 21.2 Å². The summed E-state index contributed by atoms with van der Waals surface area (Å²) in [5.41, 5.74) is 0.258. The van der Waals surface area contributed by atoms with Gasteiger partial charge in [0.15, 0.2) is 0 Å². The Morgan fingerprint density at radius 2 is 2.00 bits per heavy atom. The van der Waals surface area contributed by atoms with Crippen LogP contribution in [0.4, 0.5) is 9.59 Å².